The van der Waals surface area contributed by atoms with Gasteiger partial charge in [-0.1, -0.05) is 18.2 Å². The molecular weight excluding hydrogens is 202 g/mol. The Balaban J connectivity index is 2.62. The molecule has 2 N–H and O–H groups in total. The molecule has 0 aliphatic heterocycles. The third kappa shape index (κ3) is 3.83. The molecule has 0 aromatic heterocycles. The number of nitrogens with one attached hydrogen (secondary N) is 1. The van der Waals surface area contributed by atoms with Gasteiger partial charge in [0, 0.05) is 18.2 Å². The fourth-order valence-electron chi connectivity index (χ4n) is 1.63. The van der Waals surface area contributed by atoms with Gasteiger partial charge >= 0.3 is 0 Å². The molecule has 1 rings (SSSR count). The van der Waals surface area contributed by atoms with Crippen molar-refractivity contribution in [1.82, 2.24) is 5.32 Å². The van der Waals surface area contributed by atoms with E-state index in [1.54, 1.807) is 0 Å². The van der Waals surface area contributed by atoms with E-state index in [4.69, 9.17) is 9.84 Å². The molecule has 1 atom stereocenters. The molecule has 0 amide bonds. The summed E-state index contributed by atoms with van der Waals surface area (Å²) in [4.78, 5) is 0. The summed E-state index contributed by atoms with van der Waals surface area (Å²) < 4.78 is 5.58. The van der Waals surface area contributed by atoms with E-state index in [2.05, 4.69) is 18.3 Å². The number of para-hydroxylation sites is 1. The fraction of sp³-hybridized carbons (Fsp3) is 0.538. The van der Waals surface area contributed by atoms with Crippen molar-refractivity contribution in [2.45, 2.75) is 26.3 Å². The molecule has 0 radical (unpaired) electrons. The van der Waals surface area contributed by atoms with Crippen molar-refractivity contribution >= 4 is 0 Å². The number of rotatable bonds is 7. The van der Waals surface area contributed by atoms with Crippen LogP contribution >= 0.6 is 0 Å². The molecule has 0 heterocycles. The van der Waals surface area contributed by atoms with E-state index >= 15 is 0 Å². The Bertz CT molecular complexity index is 302. The van der Waals surface area contributed by atoms with Gasteiger partial charge in [0.1, 0.15) is 5.75 Å². The second kappa shape index (κ2) is 7.25. The molecule has 0 aliphatic rings. The monoisotopic (exact) mass is 223 g/mol. The van der Waals surface area contributed by atoms with Crippen LogP contribution in [0.2, 0.25) is 0 Å². The average molecular weight is 223 g/mol. The Labute approximate surface area is 97.4 Å². The lowest BCUT2D eigenvalue weighted by Gasteiger charge is -2.17. The van der Waals surface area contributed by atoms with E-state index in [0.29, 0.717) is 6.61 Å². The molecule has 1 aromatic carbocycles. The van der Waals surface area contributed by atoms with Crippen LogP contribution in [0.1, 0.15) is 31.9 Å². The lowest BCUT2D eigenvalue weighted by molar-refractivity contribution is 0.283. The molecule has 0 saturated carbocycles. The molecule has 0 saturated heterocycles. The first-order valence-electron chi connectivity index (χ1n) is 5.85. The third-order valence-corrected chi connectivity index (χ3v) is 2.47. The van der Waals surface area contributed by atoms with Gasteiger partial charge in [0.05, 0.1) is 6.61 Å². The van der Waals surface area contributed by atoms with E-state index in [1.165, 1.54) is 5.56 Å². The van der Waals surface area contributed by atoms with Gasteiger partial charge in [-0.25, -0.2) is 0 Å². The van der Waals surface area contributed by atoms with Gasteiger partial charge in [0.2, 0.25) is 0 Å². The molecule has 0 aliphatic carbocycles. The van der Waals surface area contributed by atoms with Crippen LogP contribution in [0.5, 0.6) is 5.75 Å². The van der Waals surface area contributed by atoms with E-state index in [9.17, 15) is 0 Å². The summed E-state index contributed by atoms with van der Waals surface area (Å²) in [5.74, 6) is 0.939. The van der Waals surface area contributed by atoms with E-state index < -0.39 is 0 Å². The molecule has 0 fully saturated rings. The second-order valence-corrected chi connectivity index (χ2v) is 3.72. The minimum absolute atomic E-state index is 0.229. The summed E-state index contributed by atoms with van der Waals surface area (Å²) in [5, 5.41) is 12.1. The minimum atomic E-state index is 0.229. The van der Waals surface area contributed by atoms with E-state index in [-0.39, 0.29) is 12.6 Å². The van der Waals surface area contributed by atoms with Crippen molar-refractivity contribution in [2.24, 2.45) is 0 Å². The number of aliphatic hydroxyl groups is 1. The summed E-state index contributed by atoms with van der Waals surface area (Å²) in [6, 6.07) is 8.30. The maximum atomic E-state index is 8.72. The molecule has 3 nitrogen and oxygen atoms in total. The Morgan fingerprint density at radius 1 is 1.38 bits per heavy atom. The molecule has 0 bridgehead atoms. The highest BCUT2D eigenvalue weighted by atomic mass is 16.5. The largest absolute Gasteiger partial charge is 0.494 e. The predicted molar refractivity (Wildman–Crippen MR) is 65.7 cm³/mol. The number of aliphatic hydroxyl groups excluding tert-OH is 1. The van der Waals surface area contributed by atoms with Gasteiger partial charge in [0.25, 0.3) is 0 Å². The van der Waals surface area contributed by atoms with Gasteiger partial charge in [-0.2, -0.15) is 0 Å². The number of hydrogen-bond donors (Lipinski definition) is 2. The normalized spacial score (nSPS) is 12.4. The van der Waals surface area contributed by atoms with Crippen LogP contribution in [-0.4, -0.2) is 24.9 Å². The van der Waals surface area contributed by atoms with Gasteiger partial charge in [-0.05, 0) is 32.9 Å². The van der Waals surface area contributed by atoms with Crippen LogP contribution in [0, 0.1) is 0 Å². The zero-order chi connectivity index (χ0) is 11.8. The van der Waals surface area contributed by atoms with E-state index in [1.807, 2.05) is 25.1 Å². The van der Waals surface area contributed by atoms with Gasteiger partial charge in [0.15, 0.2) is 0 Å². The highest BCUT2D eigenvalue weighted by Gasteiger charge is 2.09. The van der Waals surface area contributed by atoms with Crippen LogP contribution in [0.4, 0.5) is 0 Å². The average Bonchev–Trinajstić information content (AvgIpc) is 2.30. The van der Waals surface area contributed by atoms with Crippen molar-refractivity contribution in [1.29, 1.82) is 0 Å². The van der Waals surface area contributed by atoms with Gasteiger partial charge in [-0.15, -0.1) is 0 Å². The lowest BCUT2D eigenvalue weighted by Crippen LogP contribution is -2.21. The maximum Gasteiger partial charge on any atom is 0.124 e. The topological polar surface area (TPSA) is 41.5 Å². The zero-order valence-electron chi connectivity index (χ0n) is 10.1. The highest BCUT2D eigenvalue weighted by Crippen LogP contribution is 2.24. The Morgan fingerprint density at radius 2 is 2.12 bits per heavy atom. The smallest absolute Gasteiger partial charge is 0.124 e. The van der Waals surface area contributed by atoms with Crippen molar-refractivity contribution in [3.8, 4) is 5.75 Å². The summed E-state index contributed by atoms with van der Waals surface area (Å²) >= 11 is 0. The Kier molecular flexibility index (Phi) is 5.90. The van der Waals surface area contributed by atoms with Gasteiger partial charge in [-0.3, -0.25) is 0 Å². The fourth-order valence-corrected chi connectivity index (χ4v) is 1.63. The zero-order valence-corrected chi connectivity index (χ0v) is 10.1. The maximum absolute atomic E-state index is 8.72. The predicted octanol–water partition coefficient (Wildman–Crippen LogP) is 2.12. The second-order valence-electron chi connectivity index (χ2n) is 3.72. The summed E-state index contributed by atoms with van der Waals surface area (Å²) in [6.45, 7) is 5.82. The number of ether oxygens (including phenoxy) is 1. The molecular formula is C13H21NO2. The third-order valence-electron chi connectivity index (χ3n) is 2.47. The summed E-state index contributed by atoms with van der Waals surface area (Å²) in [5.41, 5.74) is 1.17. The van der Waals surface area contributed by atoms with Crippen molar-refractivity contribution in [3.05, 3.63) is 29.8 Å². The minimum Gasteiger partial charge on any atom is -0.494 e. The molecule has 90 valence electrons. The van der Waals surface area contributed by atoms with E-state index in [0.717, 1.165) is 18.7 Å². The SMILES string of the molecule is CCOc1ccccc1C(C)NCCCO. The van der Waals surface area contributed by atoms with Crippen LogP contribution in [0.15, 0.2) is 24.3 Å². The van der Waals surface area contributed by atoms with Crippen LogP contribution in [0.3, 0.4) is 0 Å². The van der Waals surface area contributed by atoms with Crippen molar-refractivity contribution in [2.75, 3.05) is 19.8 Å². The van der Waals surface area contributed by atoms with Gasteiger partial charge < -0.3 is 15.2 Å². The first-order chi connectivity index (χ1) is 7.79. The van der Waals surface area contributed by atoms with Crippen LogP contribution in [-0.2, 0) is 0 Å². The Hall–Kier alpha value is -1.06. The quantitative estimate of drug-likeness (QED) is 0.696. The molecule has 1 aromatic rings. The van der Waals surface area contributed by atoms with Crippen LogP contribution < -0.4 is 10.1 Å². The highest BCUT2D eigenvalue weighted by molar-refractivity contribution is 5.35. The summed E-state index contributed by atoms with van der Waals surface area (Å²) in [7, 11) is 0. The molecule has 16 heavy (non-hydrogen) atoms. The number of benzene rings is 1. The molecule has 3 heteroatoms. The molecule has 1 unspecified atom stereocenters. The summed E-state index contributed by atoms with van der Waals surface area (Å²) in [6.07, 6.45) is 0.779. The number of hydrogen-bond acceptors (Lipinski definition) is 3. The first kappa shape index (κ1) is 13.0. The van der Waals surface area contributed by atoms with Crippen molar-refractivity contribution in [3.63, 3.8) is 0 Å². The standard InChI is InChI=1S/C13H21NO2/c1-3-16-13-8-5-4-7-12(13)11(2)14-9-6-10-15/h4-5,7-8,11,14-15H,3,6,9-10H2,1-2H3. The van der Waals surface area contributed by atoms with Crippen molar-refractivity contribution < 1.29 is 9.84 Å². The first-order valence-corrected chi connectivity index (χ1v) is 5.85. The van der Waals surface area contributed by atoms with Crippen LogP contribution in [0.25, 0.3) is 0 Å². The lowest BCUT2D eigenvalue weighted by atomic mass is 10.1. The molecule has 0 spiro atoms. The Morgan fingerprint density at radius 3 is 2.81 bits per heavy atom.